The van der Waals surface area contributed by atoms with Gasteiger partial charge in [0.25, 0.3) is 0 Å². The Hall–Kier alpha value is -1.83. The number of esters is 2. The van der Waals surface area contributed by atoms with Gasteiger partial charge >= 0.3 is 18.0 Å². The van der Waals surface area contributed by atoms with Crippen molar-refractivity contribution < 1.29 is 28.6 Å². The summed E-state index contributed by atoms with van der Waals surface area (Å²) in [7, 11) is 0. The van der Waals surface area contributed by atoms with Crippen LogP contribution in [0.3, 0.4) is 0 Å². The molecule has 0 bridgehead atoms. The van der Waals surface area contributed by atoms with Crippen molar-refractivity contribution in [1.82, 2.24) is 5.32 Å². The van der Waals surface area contributed by atoms with E-state index in [1.54, 1.807) is 0 Å². The zero-order valence-electron chi connectivity index (χ0n) is 29.2. The maximum atomic E-state index is 12.1. The fourth-order valence-corrected chi connectivity index (χ4v) is 4.48. The van der Waals surface area contributed by atoms with E-state index in [4.69, 9.17) is 19.9 Å². The molecule has 43 heavy (non-hydrogen) atoms. The van der Waals surface area contributed by atoms with Crippen LogP contribution < -0.4 is 11.1 Å². The first-order valence-corrected chi connectivity index (χ1v) is 17.6. The third-order valence-corrected chi connectivity index (χ3v) is 7.00. The topological polar surface area (TPSA) is 117 Å². The summed E-state index contributed by atoms with van der Waals surface area (Å²) < 4.78 is 16.3. The molecule has 1 amide bonds. The number of nitrogens with two attached hydrogens (primary N) is 1. The van der Waals surface area contributed by atoms with Gasteiger partial charge in [-0.2, -0.15) is 0 Å². The van der Waals surface area contributed by atoms with Gasteiger partial charge in [0.2, 0.25) is 0 Å². The van der Waals surface area contributed by atoms with Crippen LogP contribution >= 0.6 is 0 Å². The number of rotatable bonds is 25. The Kier molecular flexibility index (Phi) is 30.4. The van der Waals surface area contributed by atoms with Crippen LogP contribution in [0.4, 0.5) is 4.79 Å². The Morgan fingerprint density at radius 2 is 1.07 bits per heavy atom. The lowest BCUT2D eigenvalue weighted by Gasteiger charge is -2.20. The summed E-state index contributed by atoms with van der Waals surface area (Å²) in [6.07, 6.45) is 20.2. The summed E-state index contributed by atoms with van der Waals surface area (Å²) in [5.74, 6) is -0.246. The van der Waals surface area contributed by atoms with Crippen molar-refractivity contribution in [2.75, 3.05) is 13.1 Å². The average Bonchev–Trinajstić information content (AvgIpc) is 2.95. The fraction of sp³-hybridized carbons (Fsp3) is 0.914. The summed E-state index contributed by atoms with van der Waals surface area (Å²) in [4.78, 5) is 35.1. The van der Waals surface area contributed by atoms with Crippen LogP contribution in [-0.2, 0) is 23.8 Å². The predicted molar refractivity (Wildman–Crippen MR) is 178 cm³/mol. The molecular weight excluding hydrogens is 544 g/mol. The van der Waals surface area contributed by atoms with Crippen molar-refractivity contribution in [3.05, 3.63) is 0 Å². The second kappa shape index (κ2) is 30.2. The van der Waals surface area contributed by atoms with E-state index < -0.39 is 11.7 Å². The van der Waals surface area contributed by atoms with E-state index in [2.05, 4.69) is 33.0 Å². The molecule has 0 aliphatic heterocycles. The average molecular weight is 615 g/mol. The van der Waals surface area contributed by atoms with E-state index in [1.165, 1.54) is 57.8 Å². The van der Waals surface area contributed by atoms with Crippen LogP contribution in [0.5, 0.6) is 0 Å². The number of unbranched alkanes of at least 4 members (excludes halogenated alkanes) is 9. The molecule has 3 N–H and O–H groups in total. The molecule has 0 spiro atoms. The zero-order chi connectivity index (χ0) is 32.8. The van der Waals surface area contributed by atoms with Gasteiger partial charge in [0.05, 0.1) is 0 Å². The van der Waals surface area contributed by atoms with Gasteiger partial charge in [-0.25, -0.2) is 4.79 Å². The number of nitrogens with one attached hydrogen (secondary N) is 1. The summed E-state index contributed by atoms with van der Waals surface area (Å²) >= 11 is 0. The molecule has 0 aromatic heterocycles. The first-order valence-electron chi connectivity index (χ1n) is 17.6. The van der Waals surface area contributed by atoms with Crippen molar-refractivity contribution >= 4 is 18.0 Å². The lowest BCUT2D eigenvalue weighted by molar-refractivity contribution is -0.150. The van der Waals surface area contributed by atoms with Crippen LogP contribution in [0.2, 0.25) is 0 Å². The van der Waals surface area contributed by atoms with E-state index >= 15 is 0 Å². The van der Waals surface area contributed by atoms with Crippen molar-refractivity contribution in [2.45, 2.75) is 195 Å². The minimum absolute atomic E-state index is 0.0463. The molecule has 256 valence electrons. The highest BCUT2D eigenvalue weighted by molar-refractivity contribution is 5.70. The number of carbonyl (C=O) groups excluding carboxylic acids is 3. The molecule has 0 saturated heterocycles. The molecule has 8 heteroatoms. The maximum absolute atomic E-state index is 12.1. The normalized spacial score (nSPS) is 11.8. The quantitative estimate of drug-likeness (QED) is 0.0598. The van der Waals surface area contributed by atoms with Gasteiger partial charge < -0.3 is 25.3 Å². The van der Waals surface area contributed by atoms with Crippen LogP contribution in [0.15, 0.2) is 0 Å². The largest absolute Gasteiger partial charge is 0.462 e. The first-order chi connectivity index (χ1) is 20.5. The van der Waals surface area contributed by atoms with Crippen LogP contribution in [0.1, 0.15) is 177 Å². The number of hydrogen-bond acceptors (Lipinski definition) is 7. The molecule has 8 nitrogen and oxygen atoms in total. The smallest absolute Gasteiger partial charge is 0.407 e. The Labute approximate surface area is 265 Å². The molecular formula is C35H70N2O6. The molecule has 0 fully saturated rings. The Morgan fingerprint density at radius 1 is 0.628 bits per heavy atom. The second-order valence-corrected chi connectivity index (χ2v) is 12.6. The lowest BCUT2D eigenvalue weighted by atomic mass is 10.0. The maximum Gasteiger partial charge on any atom is 0.407 e. The van der Waals surface area contributed by atoms with Gasteiger partial charge in [-0.1, -0.05) is 85.5 Å². The van der Waals surface area contributed by atoms with Gasteiger partial charge in [-0.05, 0) is 85.1 Å². The highest BCUT2D eigenvalue weighted by Gasteiger charge is 2.17. The number of hydrogen-bond donors (Lipinski definition) is 2. The molecule has 0 aliphatic rings. The summed E-state index contributed by atoms with van der Waals surface area (Å²) in [5, 5.41) is 2.68. The number of ether oxygens (including phenoxy) is 3. The lowest BCUT2D eigenvalue weighted by Crippen LogP contribution is -2.33. The number of alkyl carbamates (subject to hydrolysis) is 1. The third-order valence-electron chi connectivity index (χ3n) is 7.00. The summed E-state index contributed by atoms with van der Waals surface area (Å²) in [6, 6.07) is 0. The van der Waals surface area contributed by atoms with E-state index in [9.17, 15) is 14.4 Å². The molecule has 0 saturated carbocycles. The van der Waals surface area contributed by atoms with Gasteiger partial charge in [0.1, 0.15) is 17.8 Å². The molecule has 1 atom stereocenters. The van der Waals surface area contributed by atoms with E-state index in [-0.39, 0.29) is 24.1 Å². The van der Waals surface area contributed by atoms with Gasteiger partial charge in [-0.15, -0.1) is 0 Å². The highest BCUT2D eigenvalue weighted by atomic mass is 16.6. The van der Waals surface area contributed by atoms with Gasteiger partial charge in [0, 0.05) is 19.4 Å². The second-order valence-electron chi connectivity index (χ2n) is 12.6. The van der Waals surface area contributed by atoms with Crippen molar-refractivity contribution in [3.63, 3.8) is 0 Å². The zero-order valence-corrected chi connectivity index (χ0v) is 29.2. The van der Waals surface area contributed by atoms with Gasteiger partial charge in [0.15, 0.2) is 0 Å². The monoisotopic (exact) mass is 615 g/mol. The van der Waals surface area contributed by atoms with Crippen LogP contribution in [0, 0.1) is 0 Å². The molecule has 0 radical (unpaired) electrons. The third kappa shape index (κ3) is 32.9. The Bertz CT molecular complexity index is 653. The Morgan fingerprint density at radius 3 is 1.49 bits per heavy atom. The Balaban J connectivity index is 0. The molecule has 0 rings (SSSR count). The fourth-order valence-electron chi connectivity index (χ4n) is 4.48. The van der Waals surface area contributed by atoms with Gasteiger partial charge in [-0.3, -0.25) is 9.59 Å². The summed E-state index contributed by atoms with van der Waals surface area (Å²) in [6.45, 7) is 15.1. The molecule has 0 heterocycles. The highest BCUT2D eigenvalue weighted by Crippen LogP contribution is 2.17. The predicted octanol–water partition coefficient (Wildman–Crippen LogP) is 9.16. The minimum Gasteiger partial charge on any atom is -0.462 e. The van der Waals surface area contributed by atoms with Crippen LogP contribution in [-0.4, -0.2) is 48.9 Å². The van der Waals surface area contributed by atoms with Crippen molar-refractivity contribution in [1.29, 1.82) is 0 Å². The van der Waals surface area contributed by atoms with Crippen molar-refractivity contribution in [3.8, 4) is 0 Å². The minimum atomic E-state index is -0.508. The molecule has 0 aromatic carbocycles. The van der Waals surface area contributed by atoms with Crippen LogP contribution in [0.25, 0.3) is 0 Å². The van der Waals surface area contributed by atoms with E-state index in [0.717, 1.165) is 51.4 Å². The summed E-state index contributed by atoms with van der Waals surface area (Å²) in [5.41, 5.74) is 4.84. The number of amides is 1. The number of carbonyl (C=O) groups is 3. The SMILES string of the molecule is CCCCCCC(CC)OC(=O)CCCN.CCCCCCC(CCCCCC)OC(=O)CCCNC(=O)OC(C)(C)C. The first kappa shape index (κ1) is 43.3. The molecule has 0 aromatic rings. The van der Waals surface area contributed by atoms with E-state index in [0.29, 0.717) is 32.4 Å². The molecule has 0 aliphatic carbocycles. The van der Waals surface area contributed by atoms with E-state index in [1.807, 2.05) is 20.8 Å². The standard InChI is InChI=1S/C22H43NO4.C13H27NO2/c1-6-8-10-12-15-19(16-13-11-9-7-2)26-20(24)17-14-18-23-21(25)27-22(3,4)5;1-3-5-6-7-9-12(4-2)16-13(15)10-8-11-14/h19H,6-18H2,1-5H3,(H,23,25);12H,3-11,14H2,1-2H3. The van der Waals surface area contributed by atoms with Crippen molar-refractivity contribution in [2.24, 2.45) is 5.73 Å². The molecule has 1 unspecified atom stereocenters.